The minimum Gasteiger partial charge on any atom is -0.393 e. The highest BCUT2D eigenvalue weighted by atomic mass is 32.2. The summed E-state index contributed by atoms with van der Waals surface area (Å²) in [6.07, 6.45) is 3.04. The maximum atomic E-state index is 9.67. The van der Waals surface area contributed by atoms with Crippen LogP contribution in [-0.4, -0.2) is 46.2 Å². The Labute approximate surface area is 151 Å². The third kappa shape index (κ3) is 4.98. The highest BCUT2D eigenvalue weighted by Gasteiger charge is 2.27. The summed E-state index contributed by atoms with van der Waals surface area (Å²) in [5.74, 6) is 2.03. The van der Waals surface area contributed by atoms with Gasteiger partial charge in [0.15, 0.2) is 0 Å². The molecule has 1 aromatic rings. The number of aliphatic hydroxyl groups excluding tert-OH is 1. The van der Waals surface area contributed by atoms with Gasteiger partial charge in [-0.05, 0) is 36.3 Å². The second-order valence-corrected chi connectivity index (χ2v) is 8.98. The van der Waals surface area contributed by atoms with E-state index in [1.165, 1.54) is 23.3 Å². The van der Waals surface area contributed by atoms with Crippen molar-refractivity contribution >= 4 is 11.8 Å². The lowest BCUT2D eigenvalue weighted by Gasteiger charge is -2.30. The molecule has 3 nitrogen and oxygen atoms in total. The van der Waals surface area contributed by atoms with Crippen LogP contribution in [0, 0.1) is 5.92 Å². The van der Waals surface area contributed by atoms with E-state index in [2.05, 4.69) is 60.1 Å². The molecule has 0 aliphatic carbocycles. The quantitative estimate of drug-likeness (QED) is 0.827. The zero-order chi connectivity index (χ0) is 16.9. The third-order valence-corrected chi connectivity index (χ3v) is 7.18. The van der Waals surface area contributed by atoms with E-state index >= 15 is 0 Å². The fourth-order valence-corrected chi connectivity index (χ4v) is 5.21. The van der Waals surface area contributed by atoms with Crippen LogP contribution in [0.3, 0.4) is 0 Å². The van der Waals surface area contributed by atoms with Crippen LogP contribution in [0.1, 0.15) is 44.2 Å². The lowest BCUT2D eigenvalue weighted by atomic mass is 10.0. The molecule has 0 bridgehead atoms. The molecular formula is C20H32N2OS. The van der Waals surface area contributed by atoms with Crippen molar-refractivity contribution in [3.05, 3.63) is 35.4 Å². The molecule has 3 rings (SSSR count). The first-order valence-electron chi connectivity index (χ1n) is 9.44. The maximum absolute atomic E-state index is 9.67. The minimum absolute atomic E-state index is 0.0908. The summed E-state index contributed by atoms with van der Waals surface area (Å²) in [6.45, 7) is 8.69. The summed E-state index contributed by atoms with van der Waals surface area (Å²) in [5.41, 5.74) is 2.87. The molecule has 4 heteroatoms. The molecule has 0 spiro atoms. The van der Waals surface area contributed by atoms with Gasteiger partial charge in [0, 0.05) is 43.2 Å². The Kier molecular flexibility index (Phi) is 6.62. The van der Waals surface area contributed by atoms with Crippen LogP contribution in [0.25, 0.3) is 0 Å². The van der Waals surface area contributed by atoms with E-state index in [4.69, 9.17) is 0 Å². The zero-order valence-electron chi connectivity index (χ0n) is 15.1. The normalized spacial score (nSPS) is 26.3. The van der Waals surface area contributed by atoms with Crippen LogP contribution in [0.5, 0.6) is 0 Å². The van der Waals surface area contributed by atoms with E-state index in [-0.39, 0.29) is 6.10 Å². The van der Waals surface area contributed by atoms with Crippen molar-refractivity contribution in [1.29, 1.82) is 0 Å². The number of likely N-dealkylation sites (tertiary alicyclic amines) is 1. The van der Waals surface area contributed by atoms with Crippen LogP contribution in [0.15, 0.2) is 24.3 Å². The van der Waals surface area contributed by atoms with Gasteiger partial charge in [-0.25, -0.2) is 0 Å². The van der Waals surface area contributed by atoms with E-state index in [9.17, 15) is 5.11 Å². The second kappa shape index (κ2) is 8.70. The average molecular weight is 349 g/mol. The van der Waals surface area contributed by atoms with Gasteiger partial charge in [0.25, 0.3) is 0 Å². The van der Waals surface area contributed by atoms with Crippen molar-refractivity contribution in [3.63, 3.8) is 0 Å². The molecule has 134 valence electrons. The van der Waals surface area contributed by atoms with E-state index in [0.29, 0.717) is 6.04 Å². The van der Waals surface area contributed by atoms with Crippen LogP contribution in [-0.2, 0) is 13.1 Å². The number of hydrogen-bond donors (Lipinski definition) is 2. The summed E-state index contributed by atoms with van der Waals surface area (Å²) < 4.78 is 0. The molecule has 24 heavy (non-hydrogen) atoms. The summed E-state index contributed by atoms with van der Waals surface area (Å²) in [6, 6.07) is 9.49. The number of aliphatic hydroxyl groups is 1. The molecule has 2 fully saturated rings. The summed E-state index contributed by atoms with van der Waals surface area (Å²) in [4.78, 5) is 2.48. The number of nitrogens with zero attached hydrogens (tertiary/aromatic N) is 1. The molecule has 2 aliphatic heterocycles. The van der Waals surface area contributed by atoms with Crippen molar-refractivity contribution in [1.82, 2.24) is 10.2 Å². The van der Waals surface area contributed by atoms with E-state index in [1.807, 2.05) is 0 Å². The SMILES string of the molecule is CC(C)[C@@H]1C[C@@H](NCc2ccccc2CN2CCC(O)CC2)CS1. The molecule has 0 unspecified atom stereocenters. The zero-order valence-corrected chi connectivity index (χ0v) is 15.9. The largest absolute Gasteiger partial charge is 0.393 e. The molecule has 0 amide bonds. The number of benzene rings is 1. The number of piperidine rings is 1. The van der Waals surface area contributed by atoms with Crippen molar-refractivity contribution < 1.29 is 5.11 Å². The Morgan fingerprint density at radius 3 is 2.58 bits per heavy atom. The second-order valence-electron chi connectivity index (χ2n) is 7.71. The van der Waals surface area contributed by atoms with Gasteiger partial charge in [0.2, 0.25) is 0 Å². The maximum Gasteiger partial charge on any atom is 0.0564 e. The van der Waals surface area contributed by atoms with Crippen molar-refractivity contribution in [3.8, 4) is 0 Å². The van der Waals surface area contributed by atoms with Crippen LogP contribution < -0.4 is 5.32 Å². The summed E-state index contributed by atoms with van der Waals surface area (Å²) in [7, 11) is 0. The Hall–Kier alpha value is -0.550. The molecule has 0 radical (unpaired) electrons. The van der Waals surface area contributed by atoms with Crippen LogP contribution in [0.2, 0.25) is 0 Å². The van der Waals surface area contributed by atoms with Gasteiger partial charge in [0.05, 0.1) is 6.10 Å². The molecule has 2 aliphatic rings. The Morgan fingerprint density at radius 1 is 1.21 bits per heavy atom. The van der Waals surface area contributed by atoms with Gasteiger partial charge in [-0.15, -0.1) is 0 Å². The lowest BCUT2D eigenvalue weighted by molar-refractivity contribution is 0.0791. The number of rotatable bonds is 6. The average Bonchev–Trinajstić information content (AvgIpc) is 3.05. The molecule has 1 aromatic carbocycles. The van der Waals surface area contributed by atoms with Gasteiger partial charge in [0.1, 0.15) is 0 Å². The van der Waals surface area contributed by atoms with Gasteiger partial charge in [-0.1, -0.05) is 38.1 Å². The molecule has 2 atom stereocenters. The molecule has 2 heterocycles. The fraction of sp³-hybridized carbons (Fsp3) is 0.700. The number of thioether (sulfide) groups is 1. The summed E-state index contributed by atoms with van der Waals surface area (Å²) in [5, 5.41) is 14.3. The molecule has 0 saturated carbocycles. The highest BCUT2D eigenvalue weighted by molar-refractivity contribution is 8.00. The predicted octanol–water partition coefficient (Wildman–Crippen LogP) is 3.26. The van der Waals surface area contributed by atoms with Crippen molar-refractivity contribution in [2.45, 2.75) is 63.6 Å². The number of hydrogen-bond acceptors (Lipinski definition) is 4. The monoisotopic (exact) mass is 348 g/mol. The summed E-state index contributed by atoms with van der Waals surface area (Å²) >= 11 is 2.13. The fourth-order valence-electron chi connectivity index (χ4n) is 3.72. The first-order chi connectivity index (χ1) is 11.6. The van der Waals surface area contributed by atoms with E-state index < -0.39 is 0 Å². The smallest absolute Gasteiger partial charge is 0.0564 e. The third-order valence-electron chi connectivity index (χ3n) is 5.42. The Morgan fingerprint density at radius 2 is 1.92 bits per heavy atom. The van der Waals surface area contributed by atoms with Crippen molar-refractivity contribution in [2.24, 2.45) is 5.92 Å². The molecule has 2 saturated heterocycles. The van der Waals surface area contributed by atoms with Gasteiger partial charge in [-0.2, -0.15) is 11.8 Å². The van der Waals surface area contributed by atoms with Crippen LogP contribution in [0.4, 0.5) is 0 Å². The highest BCUT2D eigenvalue weighted by Crippen LogP contribution is 2.32. The Balaban J connectivity index is 1.53. The van der Waals surface area contributed by atoms with Gasteiger partial charge in [-0.3, -0.25) is 4.90 Å². The Bertz CT molecular complexity index is 514. The minimum atomic E-state index is -0.0908. The molecule has 0 aromatic heterocycles. The molecule has 2 N–H and O–H groups in total. The van der Waals surface area contributed by atoms with Gasteiger partial charge < -0.3 is 10.4 Å². The predicted molar refractivity (Wildman–Crippen MR) is 103 cm³/mol. The van der Waals surface area contributed by atoms with Gasteiger partial charge >= 0.3 is 0 Å². The topological polar surface area (TPSA) is 35.5 Å². The standard InChI is InChI=1S/C20H32N2OS/c1-15(2)20-11-18(14-24-20)21-12-16-5-3-4-6-17(16)13-22-9-7-19(23)8-10-22/h3-6,15,18-21,23H,7-14H2,1-2H3/t18-,20+/m1/s1. The number of nitrogens with one attached hydrogen (secondary N) is 1. The van der Waals surface area contributed by atoms with E-state index in [0.717, 1.165) is 50.2 Å². The lowest BCUT2D eigenvalue weighted by Crippen LogP contribution is -2.36. The van der Waals surface area contributed by atoms with Crippen LogP contribution >= 0.6 is 11.8 Å². The van der Waals surface area contributed by atoms with E-state index in [1.54, 1.807) is 0 Å². The molecular weight excluding hydrogens is 316 g/mol. The first-order valence-corrected chi connectivity index (χ1v) is 10.5. The van der Waals surface area contributed by atoms with Crippen molar-refractivity contribution in [2.75, 3.05) is 18.8 Å². The first kappa shape index (κ1) is 18.2.